The maximum atomic E-state index is 12.5. The molecule has 0 aromatic heterocycles. The summed E-state index contributed by atoms with van der Waals surface area (Å²) >= 11 is 17.2. The Morgan fingerprint density at radius 3 is 2.27 bits per heavy atom. The van der Waals surface area contributed by atoms with Crippen LogP contribution in [0.25, 0.3) is 6.08 Å². The first-order valence-electron chi connectivity index (χ1n) is 8.79. The Labute approximate surface area is 189 Å². The second-order valence-corrected chi connectivity index (χ2v) is 7.71. The number of rotatable bonds is 5. The van der Waals surface area contributed by atoms with E-state index < -0.39 is 11.8 Å². The summed E-state index contributed by atoms with van der Waals surface area (Å²) in [5.74, 6) is 0.0179. The van der Waals surface area contributed by atoms with Crippen LogP contribution < -0.4 is 9.47 Å². The molecule has 30 heavy (non-hydrogen) atoms. The zero-order valence-corrected chi connectivity index (χ0v) is 18.8. The Hall–Kier alpha value is -2.61. The Kier molecular flexibility index (Phi) is 6.65. The van der Waals surface area contributed by atoms with Gasteiger partial charge in [-0.1, -0.05) is 35.3 Å². The molecule has 2 amide bonds. The van der Waals surface area contributed by atoms with Gasteiger partial charge in [-0.2, -0.15) is 0 Å². The maximum Gasteiger partial charge on any atom is 0.265 e. The van der Waals surface area contributed by atoms with Crippen molar-refractivity contribution in [3.05, 3.63) is 63.1 Å². The molecule has 1 heterocycles. The molecule has 0 N–H and O–H groups in total. The molecule has 9 heteroatoms. The third kappa shape index (κ3) is 4.43. The number of benzene rings is 2. The van der Waals surface area contributed by atoms with Crippen molar-refractivity contribution < 1.29 is 19.1 Å². The zero-order valence-electron chi connectivity index (χ0n) is 16.4. The molecule has 1 aliphatic rings. The number of hydrogen-bond acceptors (Lipinski definition) is 5. The van der Waals surface area contributed by atoms with Crippen LogP contribution in [0.4, 0.5) is 0 Å². The van der Waals surface area contributed by atoms with E-state index in [0.717, 1.165) is 5.56 Å². The quantitative estimate of drug-likeness (QED) is 0.377. The van der Waals surface area contributed by atoms with Crippen LogP contribution in [-0.4, -0.2) is 47.9 Å². The van der Waals surface area contributed by atoms with Crippen LogP contribution in [-0.2, 0) is 16.2 Å². The number of methoxy groups -OCH3 is 1. The molecule has 0 atom stereocenters. The first-order chi connectivity index (χ1) is 14.2. The van der Waals surface area contributed by atoms with Crippen LogP contribution in [0.15, 0.2) is 42.0 Å². The molecule has 0 unspecified atom stereocenters. The van der Waals surface area contributed by atoms with E-state index in [-0.39, 0.29) is 17.3 Å². The topological polar surface area (TPSA) is 59.1 Å². The van der Waals surface area contributed by atoms with Crippen LogP contribution in [0.2, 0.25) is 10.0 Å². The molecule has 156 valence electrons. The minimum Gasteiger partial charge on any atom is -0.493 e. The largest absolute Gasteiger partial charge is 0.493 e. The van der Waals surface area contributed by atoms with Crippen LogP contribution >= 0.6 is 35.4 Å². The standard InChI is InChI=1S/C21H18Cl2N2O4S/c1-24-19(26)15(20(27)25(2)21(24)30)8-12-4-7-17(18(9-12)28-3)29-11-13-5-6-14(22)10-16(13)23/h4-10H,11H2,1-3H3. The lowest BCUT2D eigenvalue weighted by atomic mass is 10.1. The molecule has 0 spiro atoms. The molecule has 2 aromatic rings. The van der Waals surface area contributed by atoms with E-state index in [0.29, 0.717) is 27.1 Å². The minimum atomic E-state index is -0.459. The molecular weight excluding hydrogens is 447 g/mol. The van der Waals surface area contributed by atoms with E-state index in [2.05, 4.69) is 0 Å². The second-order valence-electron chi connectivity index (χ2n) is 6.50. The zero-order chi connectivity index (χ0) is 22.0. The summed E-state index contributed by atoms with van der Waals surface area (Å²) in [6.07, 6.45) is 1.50. The number of carbonyl (C=O) groups is 2. The number of amides is 2. The van der Waals surface area contributed by atoms with Gasteiger partial charge >= 0.3 is 0 Å². The highest BCUT2D eigenvalue weighted by atomic mass is 35.5. The van der Waals surface area contributed by atoms with E-state index in [1.54, 1.807) is 36.4 Å². The van der Waals surface area contributed by atoms with Crippen molar-refractivity contribution in [2.75, 3.05) is 21.2 Å². The molecule has 0 saturated carbocycles. The van der Waals surface area contributed by atoms with E-state index in [1.807, 2.05) is 0 Å². The minimum absolute atomic E-state index is 0.0114. The van der Waals surface area contributed by atoms with E-state index in [1.165, 1.54) is 37.1 Å². The Morgan fingerprint density at radius 2 is 1.67 bits per heavy atom. The van der Waals surface area contributed by atoms with Gasteiger partial charge in [0.1, 0.15) is 12.2 Å². The third-order valence-corrected chi connectivity index (χ3v) is 5.68. The van der Waals surface area contributed by atoms with Gasteiger partial charge in [0, 0.05) is 29.7 Å². The third-order valence-electron chi connectivity index (χ3n) is 4.54. The second kappa shape index (κ2) is 9.04. The summed E-state index contributed by atoms with van der Waals surface area (Å²) in [6, 6.07) is 10.3. The number of nitrogens with zero attached hydrogens (tertiary/aromatic N) is 2. The van der Waals surface area contributed by atoms with Crippen LogP contribution in [0.1, 0.15) is 11.1 Å². The predicted molar refractivity (Wildman–Crippen MR) is 120 cm³/mol. The highest BCUT2D eigenvalue weighted by Gasteiger charge is 2.35. The smallest absolute Gasteiger partial charge is 0.265 e. The van der Waals surface area contributed by atoms with E-state index in [4.69, 9.17) is 44.9 Å². The average Bonchev–Trinajstić information content (AvgIpc) is 2.73. The van der Waals surface area contributed by atoms with Gasteiger partial charge in [-0.3, -0.25) is 19.4 Å². The molecule has 6 nitrogen and oxygen atoms in total. The highest BCUT2D eigenvalue weighted by Crippen LogP contribution is 2.31. The van der Waals surface area contributed by atoms with Crippen molar-refractivity contribution in [2.24, 2.45) is 0 Å². The van der Waals surface area contributed by atoms with Gasteiger partial charge in [-0.15, -0.1) is 0 Å². The highest BCUT2D eigenvalue weighted by molar-refractivity contribution is 7.80. The van der Waals surface area contributed by atoms with Gasteiger partial charge in [0.15, 0.2) is 16.6 Å². The molecule has 1 fully saturated rings. The van der Waals surface area contributed by atoms with Crippen molar-refractivity contribution in [2.45, 2.75) is 6.61 Å². The number of halogens is 2. The number of hydrogen-bond donors (Lipinski definition) is 0. The number of likely N-dealkylation sites (N-methyl/N-ethyl adjacent to an activating group) is 2. The average molecular weight is 465 g/mol. The molecule has 0 aliphatic carbocycles. The van der Waals surface area contributed by atoms with Gasteiger partial charge < -0.3 is 9.47 Å². The fourth-order valence-electron chi connectivity index (χ4n) is 2.83. The lowest BCUT2D eigenvalue weighted by molar-refractivity contribution is -0.132. The molecule has 0 bridgehead atoms. The Morgan fingerprint density at radius 1 is 1.00 bits per heavy atom. The summed E-state index contributed by atoms with van der Waals surface area (Å²) < 4.78 is 11.2. The lowest BCUT2D eigenvalue weighted by Gasteiger charge is -2.31. The van der Waals surface area contributed by atoms with Crippen molar-refractivity contribution in [3.8, 4) is 11.5 Å². The summed E-state index contributed by atoms with van der Waals surface area (Å²) in [4.78, 5) is 27.5. The number of ether oxygens (including phenoxy) is 2. The fourth-order valence-corrected chi connectivity index (χ4v) is 3.46. The van der Waals surface area contributed by atoms with Crippen molar-refractivity contribution in [1.82, 2.24) is 9.80 Å². The monoisotopic (exact) mass is 464 g/mol. The SMILES string of the molecule is COc1cc(C=C2C(=O)N(C)C(=S)N(C)C2=O)ccc1OCc1ccc(Cl)cc1Cl. The molecule has 0 radical (unpaired) electrons. The molecule has 3 rings (SSSR count). The van der Waals surface area contributed by atoms with Crippen molar-refractivity contribution in [3.63, 3.8) is 0 Å². The molecule has 2 aromatic carbocycles. The fraction of sp³-hybridized carbons (Fsp3) is 0.190. The van der Waals surface area contributed by atoms with E-state index in [9.17, 15) is 9.59 Å². The Bertz CT molecular complexity index is 1040. The first-order valence-corrected chi connectivity index (χ1v) is 9.96. The van der Waals surface area contributed by atoms with Gasteiger partial charge in [-0.25, -0.2) is 0 Å². The first kappa shape index (κ1) is 22.1. The van der Waals surface area contributed by atoms with Gasteiger partial charge in [-0.05, 0) is 48.1 Å². The Balaban J connectivity index is 1.85. The van der Waals surface area contributed by atoms with Crippen LogP contribution in [0, 0.1) is 0 Å². The summed E-state index contributed by atoms with van der Waals surface area (Å²) in [7, 11) is 4.56. The van der Waals surface area contributed by atoms with Gasteiger partial charge in [0.2, 0.25) is 0 Å². The molecule has 1 aliphatic heterocycles. The summed E-state index contributed by atoms with van der Waals surface area (Å²) in [5.41, 5.74) is 1.39. The van der Waals surface area contributed by atoms with Gasteiger partial charge in [0.25, 0.3) is 11.8 Å². The normalized spacial score (nSPS) is 14.3. The van der Waals surface area contributed by atoms with Gasteiger partial charge in [0.05, 0.1) is 7.11 Å². The molecule has 1 saturated heterocycles. The predicted octanol–water partition coefficient (Wildman–Crippen LogP) is 4.18. The summed E-state index contributed by atoms with van der Waals surface area (Å²) in [5, 5.41) is 1.20. The van der Waals surface area contributed by atoms with E-state index >= 15 is 0 Å². The lowest BCUT2D eigenvalue weighted by Crippen LogP contribution is -2.52. The number of carbonyl (C=O) groups excluding carboxylic acids is 2. The van der Waals surface area contributed by atoms with Crippen LogP contribution in [0.3, 0.4) is 0 Å². The summed E-state index contributed by atoms with van der Waals surface area (Å²) in [6.45, 7) is 0.219. The van der Waals surface area contributed by atoms with Crippen molar-refractivity contribution in [1.29, 1.82) is 0 Å². The molecular formula is C21H18Cl2N2O4S. The van der Waals surface area contributed by atoms with Crippen molar-refractivity contribution >= 4 is 58.4 Å². The number of thiocarbonyl (C=S) groups is 1. The van der Waals surface area contributed by atoms with Crippen LogP contribution in [0.5, 0.6) is 11.5 Å². The maximum absolute atomic E-state index is 12.5.